The number of nitrogens with one attached hydrogen (secondary N) is 1. The third kappa shape index (κ3) is 2.34. The predicted molar refractivity (Wildman–Crippen MR) is 77.9 cm³/mol. The van der Waals surface area contributed by atoms with Gasteiger partial charge < -0.3 is 5.73 Å². The summed E-state index contributed by atoms with van der Waals surface area (Å²) in [5, 5.41) is 5.89. The number of anilines is 1. The fraction of sp³-hybridized carbons (Fsp3) is 0.417. The van der Waals surface area contributed by atoms with Crippen LogP contribution in [0, 0.1) is 0 Å². The molecule has 8 heteroatoms. The van der Waals surface area contributed by atoms with Crippen molar-refractivity contribution in [3.05, 3.63) is 28.1 Å². The average Bonchev–Trinajstić information content (AvgIpc) is 2.96. The maximum Gasteiger partial charge on any atom is 0.246 e. The van der Waals surface area contributed by atoms with Crippen molar-refractivity contribution in [3.63, 3.8) is 0 Å². The summed E-state index contributed by atoms with van der Waals surface area (Å²) in [5.41, 5.74) is 6.75. The Labute approximate surface area is 121 Å². The number of hydrogen-bond acceptors (Lipinski definition) is 5. The van der Waals surface area contributed by atoms with E-state index in [0.29, 0.717) is 0 Å². The smallest absolute Gasteiger partial charge is 0.246 e. The minimum Gasteiger partial charge on any atom is -0.381 e. The lowest BCUT2D eigenvalue weighted by Gasteiger charge is -2.23. The Hall–Kier alpha value is -1.38. The van der Waals surface area contributed by atoms with E-state index < -0.39 is 10.0 Å². The monoisotopic (exact) mass is 312 g/mol. The van der Waals surface area contributed by atoms with Crippen molar-refractivity contribution in [2.45, 2.75) is 30.2 Å². The molecule has 3 N–H and O–H groups in total. The van der Waals surface area contributed by atoms with Gasteiger partial charge in [0.05, 0.1) is 0 Å². The number of sulfonamides is 1. The molecule has 0 saturated carbocycles. The van der Waals surface area contributed by atoms with E-state index >= 15 is 0 Å². The van der Waals surface area contributed by atoms with Crippen LogP contribution in [0.5, 0.6) is 0 Å². The molecule has 0 fully saturated rings. The summed E-state index contributed by atoms with van der Waals surface area (Å²) in [4.78, 5) is 1.31. The topological polar surface area (TPSA) is 90.0 Å². The Bertz CT molecular complexity index is 732. The Balaban J connectivity index is 1.91. The molecule has 2 aromatic rings. The lowest BCUT2D eigenvalue weighted by molar-refractivity contribution is 0.511. The van der Waals surface area contributed by atoms with Crippen LogP contribution in [0.25, 0.3) is 0 Å². The molecule has 0 aliphatic heterocycles. The number of nitrogens with two attached hydrogens (primary N) is 1. The summed E-state index contributed by atoms with van der Waals surface area (Å²) in [6, 6.07) is 1.83. The molecule has 0 radical (unpaired) electrons. The van der Waals surface area contributed by atoms with Gasteiger partial charge in [-0.3, -0.25) is 4.68 Å². The molecule has 0 aromatic carbocycles. The van der Waals surface area contributed by atoms with Crippen molar-refractivity contribution in [1.82, 2.24) is 14.5 Å². The second-order valence-electron chi connectivity index (χ2n) is 4.92. The minimum atomic E-state index is -3.64. The molecule has 2 aromatic heterocycles. The second-order valence-corrected chi connectivity index (χ2v) is 7.60. The number of fused-ring (bicyclic) bond motifs is 1. The number of hydrogen-bond donors (Lipinski definition) is 2. The average molecular weight is 312 g/mol. The van der Waals surface area contributed by atoms with E-state index in [2.05, 4.69) is 9.82 Å². The predicted octanol–water partition coefficient (Wildman–Crippen LogP) is 1.42. The molecule has 3 rings (SSSR count). The van der Waals surface area contributed by atoms with Crippen LogP contribution in [0.1, 0.15) is 29.3 Å². The molecule has 1 aliphatic carbocycles. The third-order valence-corrected chi connectivity index (χ3v) is 5.95. The van der Waals surface area contributed by atoms with Crippen molar-refractivity contribution in [3.8, 4) is 0 Å². The Morgan fingerprint density at radius 1 is 1.55 bits per heavy atom. The molecule has 1 atom stereocenters. The fourth-order valence-corrected chi connectivity index (χ4v) is 4.89. The van der Waals surface area contributed by atoms with Crippen molar-refractivity contribution in [2.75, 3.05) is 5.73 Å². The molecule has 1 aliphatic rings. The molecule has 6 nitrogen and oxygen atoms in total. The van der Waals surface area contributed by atoms with Gasteiger partial charge in [0.15, 0.2) is 5.82 Å². The first-order valence-electron chi connectivity index (χ1n) is 6.35. The molecule has 0 saturated heterocycles. The van der Waals surface area contributed by atoms with E-state index in [9.17, 15) is 8.42 Å². The van der Waals surface area contributed by atoms with Crippen LogP contribution in [-0.4, -0.2) is 18.2 Å². The quantitative estimate of drug-likeness (QED) is 0.897. The van der Waals surface area contributed by atoms with Gasteiger partial charge in [-0.25, -0.2) is 13.1 Å². The van der Waals surface area contributed by atoms with Gasteiger partial charge in [-0.2, -0.15) is 5.10 Å². The zero-order chi connectivity index (χ0) is 14.3. The molecule has 0 spiro atoms. The van der Waals surface area contributed by atoms with E-state index in [4.69, 9.17) is 5.73 Å². The van der Waals surface area contributed by atoms with Crippen LogP contribution in [0.15, 0.2) is 22.5 Å². The Morgan fingerprint density at radius 3 is 3.05 bits per heavy atom. The molecular weight excluding hydrogens is 296 g/mol. The van der Waals surface area contributed by atoms with Gasteiger partial charge in [0.1, 0.15) is 4.90 Å². The van der Waals surface area contributed by atoms with Crippen LogP contribution in [-0.2, 0) is 23.5 Å². The van der Waals surface area contributed by atoms with Crippen LogP contribution in [0.2, 0.25) is 0 Å². The van der Waals surface area contributed by atoms with Crippen molar-refractivity contribution < 1.29 is 8.42 Å². The molecule has 0 bridgehead atoms. The Kier molecular flexibility index (Phi) is 3.31. The molecular formula is C12H16N4O2S2. The summed E-state index contributed by atoms with van der Waals surface area (Å²) in [5.74, 6) is 0.0290. The highest BCUT2D eigenvalue weighted by molar-refractivity contribution is 7.89. The first-order valence-corrected chi connectivity index (χ1v) is 8.71. The van der Waals surface area contributed by atoms with E-state index in [1.165, 1.54) is 15.8 Å². The first kappa shape index (κ1) is 13.6. The standard InChI is InChI=1S/C12H16N4O2S2/c1-16-7-11(12(13)14-16)20(17,18)15-9-3-2-4-10-8(9)5-6-19-10/h5-7,9,15H,2-4H2,1H3,(H2,13,14). The SMILES string of the molecule is Cn1cc(S(=O)(=O)NC2CCCc3sccc32)c(N)n1. The lowest BCUT2D eigenvalue weighted by atomic mass is 9.95. The highest BCUT2D eigenvalue weighted by Gasteiger charge is 2.28. The van der Waals surface area contributed by atoms with Gasteiger partial charge in [-0.1, -0.05) is 0 Å². The summed E-state index contributed by atoms with van der Waals surface area (Å²) in [6.07, 6.45) is 4.25. The normalized spacial score (nSPS) is 18.9. The van der Waals surface area contributed by atoms with Crippen molar-refractivity contribution >= 4 is 27.2 Å². The highest BCUT2D eigenvalue weighted by atomic mass is 32.2. The second kappa shape index (κ2) is 4.87. The van der Waals surface area contributed by atoms with Gasteiger partial charge in [0, 0.05) is 24.2 Å². The summed E-state index contributed by atoms with van der Waals surface area (Å²) < 4.78 is 29.0. The largest absolute Gasteiger partial charge is 0.381 e. The number of thiophene rings is 1. The van der Waals surface area contributed by atoms with E-state index in [1.807, 2.05) is 11.4 Å². The molecule has 108 valence electrons. The fourth-order valence-electron chi connectivity index (χ4n) is 2.55. The number of aromatic nitrogens is 2. The molecule has 1 unspecified atom stereocenters. The lowest BCUT2D eigenvalue weighted by Crippen LogP contribution is -2.30. The molecule has 20 heavy (non-hydrogen) atoms. The number of nitrogen functional groups attached to an aromatic ring is 1. The van der Waals surface area contributed by atoms with Crippen LogP contribution in [0.3, 0.4) is 0 Å². The van der Waals surface area contributed by atoms with E-state index in [0.717, 1.165) is 24.8 Å². The Morgan fingerprint density at radius 2 is 2.35 bits per heavy atom. The first-order chi connectivity index (χ1) is 9.47. The maximum absolute atomic E-state index is 12.4. The zero-order valence-corrected chi connectivity index (χ0v) is 12.7. The maximum atomic E-state index is 12.4. The van der Waals surface area contributed by atoms with Crippen LogP contribution < -0.4 is 10.5 Å². The summed E-state index contributed by atoms with van der Waals surface area (Å²) in [6.45, 7) is 0. The molecule has 0 amide bonds. The van der Waals surface area contributed by atoms with Crippen molar-refractivity contribution in [1.29, 1.82) is 0 Å². The minimum absolute atomic E-state index is 0.0290. The van der Waals surface area contributed by atoms with Crippen LogP contribution in [0.4, 0.5) is 5.82 Å². The van der Waals surface area contributed by atoms with Gasteiger partial charge in [-0.15, -0.1) is 11.3 Å². The van der Waals surface area contributed by atoms with Crippen LogP contribution >= 0.6 is 11.3 Å². The number of nitrogens with zero attached hydrogens (tertiary/aromatic N) is 2. The van der Waals surface area contributed by atoms with Gasteiger partial charge in [-0.05, 0) is 36.3 Å². The number of aryl methyl sites for hydroxylation is 2. The summed E-state index contributed by atoms with van der Waals surface area (Å²) >= 11 is 1.68. The van der Waals surface area contributed by atoms with Gasteiger partial charge in [0.25, 0.3) is 0 Å². The summed E-state index contributed by atoms with van der Waals surface area (Å²) in [7, 11) is -2.00. The highest BCUT2D eigenvalue weighted by Crippen LogP contribution is 2.34. The van der Waals surface area contributed by atoms with Gasteiger partial charge in [0.2, 0.25) is 10.0 Å². The zero-order valence-electron chi connectivity index (χ0n) is 11.0. The van der Waals surface area contributed by atoms with Gasteiger partial charge >= 0.3 is 0 Å². The van der Waals surface area contributed by atoms with E-state index in [-0.39, 0.29) is 16.8 Å². The third-order valence-electron chi connectivity index (χ3n) is 3.46. The molecule has 2 heterocycles. The van der Waals surface area contributed by atoms with Crippen molar-refractivity contribution in [2.24, 2.45) is 7.05 Å². The van der Waals surface area contributed by atoms with E-state index in [1.54, 1.807) is 18.4 Å². The number of rotatable bonds is 3.